The van der Waals surface area contributed by atoms with Gasteiger partial charge >= 0.3 is 5.69 Å². The van der Waals surface area contributed by atoms with E-state index < -0.39 is 6.10 Å². The highest BCUT2D eigenvalue weighted by molar-refractivity contribution is 9.10. The Hall–Kier alpha value is -0.980. The van der Waals surface area contributed by atoms with Crippen molar-refractivity contribution in [2.75, 3.05) is 17.7 Å². The van der Waals surface area contributed by atoms with Gasteiger partial charge in [0.15, 0.2) is 0 Å². The SMILES string of the molecule is Cn1c(=O)n(C)c2cc(NCC(O)CCl)c(Br)cc21. The van der Waals surface area contributed by atoms with Crippen LogP contribution in [0.2, 0.25) is 0 Å². The molecule has 0 amide bonds. The number of nitrogens with zero attached hydrogens (tertiary/aromatic N) is 2. The Labute approximate surface area is 123 Å². The molecule has 1 heterocycles. The van der Waals surface area contributed by atoms with Crippen molar-refractivity contribution in [1.82, 2.24) is 9.13 Å². The van der Waals surface area contributed by atoms with Gasteiger partial charge in [-0.1, -0.05) is 0 Å². The van der Waals surface area contributed by atoms with E-state index in [1.807, 2.05) is 12.1 Å². The minimum Gasteiger partial charge on any atom is -0.390 e. The lowest BCUT2D eigenvalue weighted by Gasteiger charge is -2.12. The molecule has 0 aliphatic carbocycles. The number of alkyl halides is 1. The number of rotatable bonds is 4. The second kappa shape index (κ2) is 5.56. The van der Waals surface area contributed by atoms with E-state index in [2.05, 4.69) is 21.2 Å². The van der Waals surface area contributed by atoms with Crippen LogP contribution >= 0.6 is 27.5 Å². The molecule has 0 saturated heterocycles. The Morgan fingerprint density at radius 1 is 1.37 bits per heavy atom. The number of aliphatic hydroxyl groups excluding tert-OH is 1. The molecule has 0 spiro atoms. The molecule has 2 rings (SSSR count). The van der Waals surface area contributed by atoms with Crippen LogP contribution in [-0.2, 0) is 14.1 Å². The third-order valence-electron chi connectivity index (χ3n) is 3.07. The number of aliphatic hydroxyl groups is 1. The monoisotopic (exact) mass is 347 g/mol. The maximum atomic E-state index is 11.9. The van der Waals surface area contributed by atoms with Gasteiger partial charge in [0.25, 0.3) is 0 Å². The molecule has 0 saturated carbocycles. The lowest BCUT2D eigenvalue weighted by atomic mass is 10.2. The molecule has 5 nitrogen and oxygen atoms in total. The Morgan fingerprint density at radius 3 is 2.53 bits per heavy atom. The van der Waals surface area contributed by atoms with Crippen LogP contribution in [0.25, 0.3) is 11.0 Å². The summed E-state index contributed by atoms with van der Waals surface area (Å²) in [4.78, 5) is 11.9. The predicted octanol–water partition coefficient (Wildman–Crippen LogP) is 1.65. The van der Waals surface area contributed by atoms with Gasteiger partial charge in [-0.15, -0.1) is 11.6 Å². The molecular weight excluding hydrogens is 334 g/mol. The summed E-state index contributed by atoms with van der Waals surface area (Å²) in [5, 5.41) is 12.6. The number of fused-ring (bicyclic) bond motifs is 1. The fourth-order valence-corrected chi connectivity index (χ4v) is 2.52. The first-order chi connectivity index (χ1) is 8.95. The van der Waals surface area contributed by atoms with Gasteiger partial charge in [0, 0.05) is 25.1 Å². The number of anilines is 1. The van der Waals surface area contributed by atoms with E-state index >= 15 is 0 Å². The van der Waals surface area contributed by atoms with Crippen molar-refractivity contribution in [2.45, 2.75) is 6.10 Å². The molecule has 19 heavy (non-hydrogen) atoms. The Balaban J connectivity index is 2.44. The average Bonchev–Trinajstić information content (AvgIpc) is 2.61. The lowest BCUT2D eigenvalue weighted by molar-refractivity contribution is 0.211. The van der Waals surface area contributed by atoms with Crippen molar-refractivity contribution in [3.8, 4) is 0 Å². The summed E-state index contributed by atoms with van der Waals surface area (Å²) in [5.41, 5.74) is 2.43. The van der Waals surface area contributed by atoms with E-state index in [4.69, 9.17) is 11.6 Å². The lowest BCUT2D eigenvalue weighted by Crippen LogP contribution is -2.21. The molecule has 1 aromatic heterocycles. The molecule has 0 fully saturated rings. The van der Waals surface area contributed by atoms with Crippen molar-refractivity contribution in [3.63, 3.8) is 0 Å². The minimum absolute atomic E-state index is 0.0696. The van der Waals surface area contributed by atoms with Crippen molar-refractivity contribution in [3.05, 3.63) is 27.1 Å². The van der Waals surface area contributed by atoms with Crippen LogP contribution < -0.4 is 11.0 Å². The van der Waals surface area contributed by atoms with Gasteiger partial charge in [-0.3, -0.25) is 9.13 Å². The first kappa shape index (κ1) is 14.4. The molecule has 2 N–H and O–H groups in total. The Morgan fingerprint density at radius 2 is 1.95 bits per heavy atom. The first-order valence-corrected chi connectivity index (χ1v) is 7.11. The number of benzene rings is 1. The Kier molecular flexibility index (Phi) is 4.23. The van der Waals surface area contributed by atoms with Gasteiger partial charge in [0.05, 0.1) is 28.7 Å². The number of hydrogen-bond acceptors (Lipinski definition) is 3. The van der Waals surface area contributed by atoms with Gasteiger partial charge < -0.3 is 10.4 Å². The summed E-state index contributed by atoms with van der Waals surface area (Å²) in [6.07, 6.45) is -0.608. The highest BCUT2D eigenvalue weighted by atomic mass is 79.9. The minimum atomic E-state index is -0.608. The van der Waals surface area contributed by atoms with Crippen LogP contribution in [0.4, 0.5) is 5.69 Å². The van der Waals surface area contributed by atoms with Gasteiger partial charge in [-0.2, -0.15) is 0 Å². The highest BCUT2D eigenvalue weighted by Crippen LogP contribution is 2.27. The molecule has 1 unspecified atom stereocenters. The second-order valence-corrected chi connectivity index (χ2v) is 5.57. The van der Waals surface area contributed by atoms with Gasteiger partial charge in [-0.25, -0.2) is 4.79 Å². The van der Waals surface area contributed by atoms with E-state index in [-0.39, 0.29) is 11.6 Å². The molecular formula is C12H15BrClN3O2. The molecule has 0 aliphatic heterocycles. The van der Waals surface area contributed by atoms with Crippen molar-refractivity contribution < 1.29 is 5.11 Å². The fraction of sp³-hybridized carbons (Fsp3) is 0.417. The van der Waals surface area contributed by atoms with Crippen LogP contribution in [-0.4, -0.2) is 32.8 Å². The number of aromatic nitrogens is 2. The van der Waals surface area contributed by atoms with E-state index in [0.29, 0.717) is 6.54 Å². The highest BCUT2D eigenvalue weighted by Gasteiger charge is 2.12. The summed E-state index contributed by atoms with van der Waals surface area (Å²) < 4.78 is 4.02. The van der Waals surface area contributed by atoms with Crippen LogP contribution in [0, 0.1) is 0 Å². The quantitative estimate of drug-likeness (QED) is 0.826. The average molecular weight is 349 g/mol. The van der Waals surface area contributed by atoms with Crippen molar-refractivity contribution in [2.24, 2.45) is 14.1 Å². The summed E-state index contributed by atoms with van der Waals surface area (Å²) in [6, 6.07) is 3.76. The van der Waals surface area contributed by atoms with E-state index in [9.17, 15) is 9.90 Å². The van der Waals surface area contributed by atoms with Crippen molar-refractivity contribution in [1.29, 1.82) is 0 Å². The number of imidazole rings is 1. The Bertz CT molecular complexity index is 665. The smallest absolute Gasteiger partial charge is 0.328 e. The molecule has 2 aromatic rings. The van der Waals surface area contributed by atoms with Crippen LogP contribution in [0.15, 0.2) is 21.4 Å². The maximum absolute atomic E-state index is 11.9. The van der Waals surface area contributed by atoms with Crippen molar-refractivity contribution >= 4 is 44.3 Å². The van der Waals surface area contributed by atoms with Crippen LogP contribution in [0.1, 0.15) is 0 Å². The van der Waals surface area contributed by atoms with Gasteiger partial charge in [0.1, 0.15) is 0 Å². The number of aryl methyl sites for hydroxylation is 2. The number of halogens is 2. The third kappa shape index (κ3) is 2.66. The second-order valence-electron chi connectivity index (χ2n) is 4.41. The van der Waals surface area contributed by atoms with Crippen LogP contribution in [0.3, 0.4) is 0 Å². The summed E-state index contributed by atoms with van der Waals surface area (Å²) in [5.74, 6) is 0.177. The zero-order valence-corrected chi connectivity index (χ0v) is 13.0. The van der Waals surface area contributed by atoms with Gasteiger partial charge in [0.2, 0.25) is 0 Å². The first-order valence-electron chi connectivity index (χ1n) is 5.78. The molecule has 1 atom stereocenters. The van der Waals surface area contributed by atoms with E-state index in [1.165, 1.54) is 0 Å². The molecule has 0 bridgehead atoms. The standard InChI is InChI=1S/C12H15BrClN3O2/c1-16-10-3-8(13)9(15-6-7(18)5-14)4-11(10)17(2)12(16)19/h3-4,7,15,18H,5-6H2,1-2H3. The van der Waals surface area contributed by atoms with E-state index in [1.54, 1.807) is 23.2 Å². The summed E-state index contributed by atoms with van der Waals surface area (Å²) >= 11 is 9.01. The molecule has 104 valence electrons. The molecule has 0 aliphatic rings. The topological polar surface area (TPSA) is 59.2 Å². The van der Waals surface area contributed by atoms with Crippen LogP contribution in [0.5, 0.6) is 0 Å². The third-order valence-corrected chi connectivity index (χ3v) is 4.08. The number of hydrogen-bond donors (Lipinski definition) is 2. The molecule has 0 radical (unpaired) electrons. The zero-order valence-electron chi connectivity index (χ0n) is 10.7. The predicted molar refractivity (Wildman–Crippen MR) is 81.1 cm³/mol. The van der Waals surface area contributed by atoms with E-state index in [0.717, 1.165) is 21.2 Å². The number of nitrogens with one attached hydrogen (secondary N) is 1. The fourth-order valence-electron chi connectivity index (χ4n) is 1.94. The normalized spacial score (nSPS) is 12.9. The molecule has 7 heteroatoms. The van der Waals surface area contributed by atoms with Gasteiger partial charge in [-0.05, 0) is 28.1 Å². The largest absolute Gasteiger partial charge is 0.390 e. The summed E-state index contributed by atoms with van der Waals surface area (Å²) in [6.45, 7) is 0.356. The molecule has 1 aromatic carbocycles. The summed E-state index contributed by atoms with van der Waals surface area (Å²) in [7, 11) is 3.47. The zero-order chi connectivity index (χ0) is 14.2. The maximum Gasteiger partial charge on any atom is 0.328 e.